The molecule has 1 saturated carbocycles. The van der Waals surface area contributed by atoms with Crippen LogP contribution in [0.2, 0.25) is 0 Å². The molecule has 0 bridgehead atoms. The summed E-state index contributed by atoms with van der Waals surface area (Å²) in [7, 11) is 0. The van der Waals surface area contributed by atoms with Gasteiger partial charge in [0.25, 0.3) is 0 Å². The van der Waals surface area contributed by atoms with Crippen molar-refractivity contribution in [2.75, 3.05) is 13.1 Å². The lowest BCUT2D eigenvalue weighted by Crippen LogP contribution is -2.48. The molecule has 3 N–H and O–H groups in total. The smallest absolute Gasteiger partial charge is 0.242 e. The SMILES string of the molecule is CC1CCCCC1NC(=NCC(=O)NC(C)(C)C)NCCc1ccco1. The minimum Gasteiger partial charge on any atom is -0.469 e. The lowest BCUT2D eigenvalue weighted by molar-refractivity contribution is -0.121. The van der Waals surface area contributed by atoms with Gasteiger partial charge >= 0.3 is 0 Å². The van der Waals surface area contributed by atoms with Gasteiger partial charge in [0.15, 0.2) is 5.96 Å². The summed E-state index contributed by atoms with van der Waals surface area (Å²) < 4.78 is 5.37. The van der Waals surface area contributed by atoms with E-state index in [1.54, 1.807) is 6.26 Å². The van der Waals surface area contributed by atoms with Crippen LogP contribution in [0.25, 0.3) is 0 Å². The Labute approximate surface area is 157 Å². The lowest BCUT2D eigenvalue weighted by Gasteiger charge is -2.31. The summed E-state index contributed by atoms with van der Waals surface area (Å²) in [4.78, 5) is 16.6. The van der Waals surface area contributed by atoms with Crippen LogP contribution >= 0.6 is 0 Å². The predicted molar refractivity (Wildman–Crippen MR) is 105 cm³/mol. The lowest BCUT2D eigenvalue weighted by atomic mass is 9.86. The molecule has 1 heterocycles. The molecule has 2 unspecified atom stereocenters. The first-order valence-corrected chi connectivity index (χ1v) is 9.72. The molecule has 1 aromatic rings. The average molecular weight is 363 g/mol. The number of amides is 1. The molecular formula is C20H34N4O2. The predicted octanol–water partition coefficient (Wildman–Crippen LogP) is 2.85. The Hall–Kier alpha value is -1.98. The molecule has 1 fully saturated rings. The number of nitrogens with zero attached hydrogens (tertiary/aromatic N) is 1. The highest BCUT2D eigenvalue weighted by atomic mass is 16.3. The normalized spacial score (nSPS) is 21.3. The Morgan fingerprint density at radius 3 is 2.73 bits per heavy atom. The maximum absolute atomic E-state index is 12.1. The minimum atomic E-state index is -0.245. The number of carbonyl (C=O) groups is 1. The molecule has 2 atom stereocenters. The minimum absolute atomic E-state index is 0.0682. The second-order valence-corrected chi connectivity index (χ2v) is 8.23. The zero-order valence-corrected chi connectivity index (χ0v) is 16.6. The van der Waals surface area contributed by atoms with Crippen molar-refractivity contribution in [3.05, 3.63) is 24.2 Å². The van der Waals surface area contributed by atoms with Gasteiger partial charge in [-0.3, -0.25) is 4.79 Å². The molecule has 1 aromatic heterocycles. The Kier molecular flexibility index (Phi) is 7.54. The summed E-state index contributed by atoms with van der Waals surface area (Å²) >= 11 is 0. The van der Waals surface area contributed by atoms with E-state index in [2.05, 4.69) is 27.9 Å². The first kappa shape index (κ1) is 20.3. The molecule has 146 valence electrons. The molecular weight excluding hydrogens is 328 g/mol. The first-order chi connectivity index (χ1) is 12.3. The van der Waals surface area contributed by atoms with E-state index in [1.807, 2.05) is 32.9 Å². The number of hydrogen-bond acceptors (Lipinski definition) is 3. The van der Waals surface area contributed by atoms with Crippen LogP contribution in [-0.4, -0.2) is 36.5 Å². The van der Waals surface area contributed by atoms with Gasteiger partial charge in [-0.25, -0.2) is 4.99 Å². The van der Waals surface area contributed by atoms with Gasteiger partial charge in [0, 0.05) is 24.5 Å². The molecule has 0 aromatic carbocycles. The number of nitrogens with one attached hydrogen (secondary N) is 3. The second-order valence-electron chi connectivity index (χ2n) is 8.23. The van der Waals surface area contributed by atoms with Crippen molar-refractivity contribution in [2.24, 2.45) is 10.9 Å². The molecule has 1 aliphatic carbocycles. The van der Waals surface area contributed by atoms with E-state index in [0.717, 1.165) is 18.6 Å². The topological polar surface area (TPSA) is 78.7 Å². The molecule has 0 radical (unpaired) electrons. The summed E-state index contributed by atoms with van der Waals surface area (Å²) in [6.45, 7) is 9.02. The third-order valence-electron chi connectivity index (χ3n) is 4.57. The van der Waals surface area contributed by atoms with Crippen LogP contribution < -0.4 is 16.0 Å². The summed E-state index contributed by atoms with van der Waals surface area (Å²) in [6, 6.07) is 4.26. The summed E-state index contributed by atoms with van der Waals surface area (Å²) in [5.74, 6) is 2.19. The fraction of sp³-hybridized carbons (Fsp3) is 0.700. The van der Waals surface area contributed by atoms with Crippen molar-refractivity contribution in [1.29, 1.82) is 0 Å². The first-order valence-electron chi connectivity index (χ1n) is 9.72. The third-order valence-corrected chi connectivity index (χ3v) is 4.57. The molecule has 6 heteroatoms. The van der Waals surface area contributed by atoms with Gasteiger partial charge in [0.1, 0.15) is 12.3 Å². The number of carbonyl (C=O) groups excluding carboxylic acids is 1. The van der Waals surface area contributed by atoms with E-state index in [0.29, 0.717) is 24.5 Å². The van der Waals surface area contributed by atoms with Crippen LogP contribution in [0.1, 0.15) is 59.1 Å². The van der Waals surface area contributed by atoms with Crippen LogP contribution in [0.4, 0.5) is 0 Å². The highest BCUT2D eigenvalue weighted by Gasteiger charge is 2.22. The fourth-order valence-electron chi connectivity index (χ4n) is 3.23. The van der Waals surface area contributed by atoms with Gasteiger partial charge in [-0.15, -0.1) is 0 Å². The fourth-order valence-corrected chi connectivity index (χ4v) is 3.23. The van der Waals surface area contributed by atoms with E-state index in [1.165, 1.54) is 19.3 Å². The Bertz CT molecular complexity index is 575. The maximum atomic E-state index is 12.1. The van der Waals surface area contributed by atoms with Crippen LogP contribution in [0.3, 0.4) is 0 Å². The molecule has 1 aliphatic rings. The van der Waals surface area contributed by atoms with Gasteiger partial charge in [0.05, 0.1) is 6.26 Å². The molecule has 1 amide bonds. The number of aliphatic imine (C=N–C) groups is 1. The quantitative estimate of drug-likeness (QED) is 0.537. The average Bonchev–Trinajstić information content (AvgIpc) is 3.06. The van der Waals surface area contributed by atoms with Crippen LogP contribution in [-0.2, 0) is 11.2 Å². The van der Waals surface area contributed by atoms with Crippen molar-refractivity contribution < 1.29 is 9.21 Å². The van der Waals surface area contributed by atoms with E-state index in [9.17, 15) is 4.79 Å². The molecule has 0 aliphatic heterocycles. The summed E-state index contributed by atoms with van der Waals surface area (Å²) in [5.41, 5.74) is -0.245. The van der Waals surface area contributed by atoms with Gasteiger partial charge in [-0.2, -0.15) is 0 Å². The monoisotopic (exact) mass is 362 g/mol. The molecule has 2 rings (SSSR count). The highest BCUT2D eigenvalue weighted by Crippen LogP contribution is 2.23. The van der Waals surface area contributed by atoms with Crippen LogP contribution in [0, 0.1) is 5.92 Å². The molecule has 26 heavy (non-hydrogen) atoms. The summed E-state index contributed by atoms with van der Waals surface area (Å²) in [5, 5.41) is 9.82. The number of hydrogen-bond donors (Lipinski definition) is 3. The zero-order chi connectivity index (χ0) is 19.0. The molecule has 6 nitrogen and oxygen atoms in total. The molecule has 0 saturated heterocycles. The number of furan rings is 1. The Balaban J connectivity index is 1.92. The van der Waals surface area contributed by atoms with Crippen LogP contribution in [0.5, 0.6) is 0 Å². The maximum Gasteiger partial charge on any atom is 0.242 e. The Morgan fingerprint density at radius 1 is 1.31 bits per heavy atom. The van der Waals surface area contributed by atoms with E-state index < -0.39 is 0 Å². The van der Waals surface area contributed by atoms with Crippen molar-refractivity contribution in [2.45, 2.75) is 71.4 Å². The number of guanidine groups is 1. The summed E-state index contributed by atoms with van der Waals surface area (Å²) in [6.07, 6.45) is 7.39. The van der Waals surface area contributed by atoms with Crippen molar-refractivity contribution in [3.8, 4) is 0 Å². The second kappa shape index (κ2) is 9.64. The van der Waals surface area contributed by atoms with Gasteiger partial charge in [0.2, 0.25) is 5.91 Å². The van der Waals surface area contributed by atoms with E-state index in [4.69, 9.17) is 4.42 Å². The van der Waals surface area contributed by atoms with Gasteiger partial charge in [-0.1, -0.05) is 19.8 Å². The van der Waals surface area contributed by atoms with Gasteiger partial charge in [-0.05, 0) is 51.7 Å². The van der Waals surface area contributed by atoms with Crippen molar-refractivity contribution in [3.63, 3.8) is 0 Å². The van der Waals surface area contributed by atoms with E-state index in [-0.39, 0.29) is 18.0 Å². The molecule has 0 spiro atoms. The van der Waals surface area contributed by atoms with E-state index >= 15 is 0 Å². The number of rotatable bonds is 6. The van der Waals surface area contributed by atoms with Crippen molar-refractivity contribution >= 4 is 11.9 Å². The zero-order valence-electron chi connectivity index (χ0n) is 16.6. The highest BCUT2D eigenvalue weighted by molar-refractivity contribution is 5.85. The largest absolute Gasteiger partial charge is 0.469 e. The van der Waals surface area contributed by atoms with Crippen LogP contribution in [0.15, 0.2) is 27.8 Å². The third kappa shape index (κ3) is 7.50. The van der Waals surface area contributed by atoms with Crippen molar-refractivity contribution in [1.82, 2.24) is 16.0 Å². The standard InChI is InChI=1S/C20H34N4O2/c1-15-8-5-6-10-17(15)23-19(21-12-11-16-9-7-13-26-16)22-14-18(25)24-20(2,3)4/h7,9,13,15,17H,5-6,8,10-12,14H2,1-4H3,(H,24,25)(H2,21,22,23). The Morgan fingerprint density at radius 2 is 2.08 bits per heavy atom. The van der Waals surface area contributed by atoms with Gasteiger partial charge < -0.3 is 20.4 Å².